The molecule has 1 atom stereocenters. The summed E-state index contributed by atoms with van der Waals surface area (Å²) in [5, 5.41) is 1.03. The summed E-state index contributed by atoms with van der Waals surface area (Å²) in [5.74, 6) is 1.01. The molecule has 2 aromatic heterocycles. The van der Waals surface area contributed by atoms with Crippen molar-refractivity contribution in [1.82, 2.24) is 19.4 Å². The Balaban J connectivity index is 1.77. The molecule has 0 aliphatic carbocycles. The molecule has 0 saturated carbocycles. The SMILES string of the molecule is Cc1cnc(C2CCCN2C(=O)c2c(C)n(C)c3ccccc23)[nH]1. The average molecular weight is 322 g/mol. The van der Waals surface area contributed by atoms with Crippen LogP contribution in [0.3, 0.4) is 0 Å². The first-order chi connectivity index (χ1) is 11.6. The number of imidazole rings is 1. The van der Waals surface area contributed by atoms with E-state index < -0.39 is 0 Å². The van der Waals surface area contributed by atoms with Crippen LogP contribution in [0.15, 0.2) is 30.5 Å². The summed E-state index contributed by atoms with van der Waals surface area (Å²) in [6.45, 7) is 4.80. The number of likely N-dealkylation sites (tertiary alicyclic amines) is 1. The lowest BCUT2D eigenvalue weighted by Crippen LogP contribution is -2.31. The third kappa shape index (κ3) is 2.15. The summed E-state index contributed by atoms with van der Waals surface area (Å²) in [4.78, 5) is 23.1. The van der Waals surface area contributed by atoms with Gasteiger partial charge in [0.2, 0.25) is 0 Å². The molecule has 1 unspecified atom stereocenters. The third-order valence-corrected chi connectivity index (χ3v) is 5.17. The highest BCUT2D eigenvalue weighted by atomic mass is 16.2. The summed E-state index contributed by atoms with van der Waals surface area (Å²) in [6, 6.07) is 8.16. The molecule has 1 aliphatic heterocycles. The first-order valence-corrected chi connectivity index (χ1v) is 8.44. The van der Waals surface area contributed by atoms with Crippen LogP contribution in [0.25, 0.3) is 10.9 Å². The van der Waals surface area contributed by atoms with E-state index in [1.807, 2.05) is 50.2 Å². The standard InChI is InChI=1S/C19H22N4O/c1-12-11-20-18(21-12)16-9-6-10-23(16)19(24)17-13(2)22(3)15-8-5-4-7-14(15)17/h4-5,7-8,11,16H,6,9-10H2,1-3H3,(H,20,21). The van der Waals surface area contributed by atoms with Gasteiger partial charge in [-0.2, -0.15) is 0 Å². The van der Waals surface area contributed by atoms with Crippen molar-refractivity contribution in [3.63, 3.8) is 0 Å². The second-order valence-corrected chi connectivity index (χ2v) is 6.64. The molecule has 0 bridgehead atoms. The molecule has 5 nitrogen and oxygen atoms in total. The zero-order chi connectivity index (χ0) is 16.8. The van der Waals surface area contributed by atoms with Gasteiger partial charge in [-0.3, -0.25) is 4.79 Å². The number of hydrogen-bond donors (Lipinski definition) is 1. The number of para-hydroxylation sites is 1. The van der Waals surface area contributed by atoms with Gasteiger partial charge in [0.15, 0.2) is 0 Å². The van der Waals surface area contributed by atoms with Crippen molar-refractivity contribution in [1.29, 1.82) is 0 Å². The first kappa shape index (κ1) is 15.0. The fourth-order valence-electron chi connectivity index (χ4n) is 3.83. The Bertz CT molecular complexity index is 921. The Morgan fingerprint density at radius 1 is 1.29 bits per heavy atom. The van der Waals surface area contributed by atoms with Crippen molar-refractivity contribution in [2.24, 2.45) is 7.05 Å². The van der Waals surface area contributed by atoms with Gasteiger partial charge in [0.25, 0.3) is 5.91 Å². The third-order valence-electron chi connectivity index (χ3n) is 5.17. The van der Waals surface area contributed by atoms with Crippen LogP contribution in [0, 0.1) is 13.8 Å². The Kier molecular flexibility index (Phi) is 3.44. The Labute approximate surface area is 141 Å². The number of nitrogens with zero attached hydrogens (tertiary/aromatic N) is 3. The van der Waals surface area contributed by atoms with E-state index in [0.29, 0.717) is 0 Å². The highest BCUT2D eigenvalue weighted by molar-refractivity contribution is 6.08. The molecule has 1 aromatic carbocycles. The van der Waals surface area contributed by atoms with Crippen molar-refractivity contribution in [3.8, 4) is 0 Å². The summed E-state index contributed by atoms with van der Waals surface area (Å²) < 4.78 is 2.10. The normalized spacial score (nSPS) is 17.8. The van der Waals surface area contributed by atoms with Crippen LogP contribution in [0.5, 0.6) is 0 Å². The number of hydrogen-bond acceptors (Lipinski definition) is 2. The molecule has 1 aliphatic rings. The van der Waals surface area contributed by atoms with Crippen LogP contribution >= 0.6 is 0 Å². The van der Waals surface area contributed by atoms with E-state index in [0.717, 1.165) is 53.1 Å². The molecule has 3 aromatic rings. The van der Waals surface area contributed by atoms with E-state index in [4.69, 9.17) is 0 Å². The highest BCUT2D eigenvalue weighted by Gasteiger charge is 2.34. The minimum atomic E-state index is 0.0459. The minimum Gasteiger partial charge on any atom is -0.347 e. The molecule has 0 spiro atoms. The van der Waals surface area contributed by atoms with Crippen LogP contribution in [0.4, 0.5) is 0 Å². The quantitative estimate of drug-likeness (QED) is 0.785. The maximum atomic E-state index is 13.4. The lowest BCUT2D eigenvalue weighted by molar-refractivity contribution is 0.0731. The van der Waals surface area contributed by atoms with Crippen molar-refractivity contribution in [3.05, 3.63) is 53.2 Å². The van der Waals surface area contributed by atoms with E-state index in [1.54, 1.807) is 0 Å². The molecule has 1 N–H and O–H groups in total. The molecule has 124 valence electrons. The Morgan fingerprint density at radius 3 is 2.83 bits per heavy atom. The van der Waals surface area contributed by atoms with E-state index >= 15 is 0 Å². The van der Waals surface area contributed by atoms with Gasteiger partial charge in [-0.15, -0.1) is 0 Å². The van der Waals surface area contributed by atoms with Crippen LogP contribution < -0.4 is 0 Å². The monoisotopic (exact) mass is 322 g/mol. The molecular formula is C19H22N4O. The molecular weight excluding hydrogens is 300 g/mol. The Morgan fingerprint density at radius 2 is 2.08 bits per heavy atom. The van der Waals surface area contributed by atoms with Crippen LogP contribution in [0.2, 0.25) is 0 Å². The minimum absolute atomic E-state index is 0.0459. The van der Waals surface area contributed by atoms with E-state index in [2.05, 4.69) is 20.6 Å². The number of rotatable bonds is 2. The fourth-order valence-corrected chi connectivity index (χ4v) is 3.83. The lowest BCUT2D eigenvalue weighted by atomic mass is 10.1. The number of aromatic nitrogens is 3. The summed E-state index contributed by atoms with van der Waals surface area (Å²) in [7, 11) is 2.02. The van der Waals surface area contributed by atoms with Gasteiger partial charge < -0.3 is 14.5 Å². The van der Waals surface area contributed by atoms with Gasteiger partial charge in [-0.1, -0.05) is 18.2 Å². The molecule has 3 heterocycles. The Hall–Kier alpha value is -2.56. The van der Waals surface area contributed by atoms with Gasteiger partial charge in [-0.05, 0) is 32.8 Å². The van der Waals surface area contributed by atoms with E-state index in [9.17, 15) is 4.79 Å². The second kappa shape index (κ2) is 5.51. The molecule has 1 amide bonds. The van der Waals surface area contributed by atoms with Gasteiger partial charge in [0.1, 0.15) is 5.82 Å². The summed E-state index contributed by atoms with van der Waals surface area (Å²) in [5.41, 5.74) is 3.97. The number of carbonyl (C=O) groups is 1. The van der Waals surface area contributed by atoms with Gasteiger partial charge >= 0.3 is 0 Å². The highest BCUT2D eigenvalue weighted by Crippen LogP contribution is 2.34. The largest absolute Gasteiger partial charge is 0.347 e. The summed E-state index contributed by atoms with van der Waals surface area (Å²) >= 11 is 0. The van der Waals surface area contributed by atoms with Crippen LogP contribution in [-0.4, -0.2) is 31.9 Å². The molecule has 1 saturated heterocycles. The van der Waals surface area contributed by atoms with Crippen LogP contribution in [0.1, 0.15) is 46.5 Å². The molecule has 4 rings (SSSR count). The van der Waals surface area contributed by atoms with Gasteiger partial charge in [0.05, 0.1) is 11.6 Å². The number of H-pyrrole nitrogens is 1. The zero-order valence-corrected chi connectivity index (χ0v) is 14.3. The van der Waals surface area contributed by atoms with Crippen molar-refractivity contribution < 1.29 is 4.79 Å². The number of amides is 1. The second-order valence-electron chi connectivity index (χ2n) is 6.64. The number of aromatic amines is 1. The first-order valence-electron chi connectivity index (χ1n) is 8.44. The summed E-state index contributed by atoms with van der Waals surface area (Å²) in [6.07, 6.45) is 3.81. The smallest absolute Gasteiger partial charge is 0.256 e. The number of nitrogens with one attached hydrogen (secondary N) is 1. The van der Waals surface area contributed by atoms with Gasteiger partial charge in [0, 0.05) is 42.1 Å². The predicted octanol–water partition coefficient (Wildman–Crippen LogP) is 3.50. The predicted molar refractivity (Wildman–Crippen MR) is 94.0 cm³/mol. The van der Waals surface area contributed by atoms with E-state index in [1.165, 1.54) is 0 Å². The molecule has 5 heteroatoms. The van der Waals surface area contributed by atoms with Crippen molar-refractivity contribution >= 4 is 16.8 Å². The number of aryl methyl sites for hydroxylation is 2. The zero-order valence-electron chi connectivity index (χ0n) is 14.3. The van der Waals surface area contributed by atoms with E-state index in [-0.39, 0.29) is 11.9 Å². The molecule has 0 radical (unpaired) electrons. The average Bonchev–Trinajstić information content (AvgIpc) is 3.27. The fraction of sp³-hybridized carbons (Fsp3) is 0.368. The molecule has 1 fully saturated rings. The maximum absolute atomic E-state index is 13.4. The molecule has 24 heavy (non-hydrogen) atoms. The van der Waals surface area contributed by atoms with Gasteiger partial charge in [-0.25, -0.2) is 4.98 Å². The maximum Gasteiger partial charge on any atom is 0.256 e. The topological polar surface area (TPSA) is 53.9 Å². The van der Waals surface area contributed by atoms with Crippen molar-refractivity contribution in [2.75, 3.05) is 6.54 Å². The number of carbonyl (C=O) groups excluding carboxylic acids is 1. The number of benzene rings is 1. The van der Waals surface area contributed by atoms with Crippen LogP contribution in [-0.2, 0) is 7.05 Å². The van der Waals surface area contributed by atoms with Crippen molar-refractivity contribution in [2.45, 2.75) is 32.7 Å². The lowest BCUT2D eigenvalue weighted by Gasteiger charge is -2.23. The number of fused-ring (bicyclic) bond motifs is 1.